The van der Waals surface area contributed by atoms with Gasteiger partial charge in [-0.1, -0.05) is 35.1 Å². The molecular formula is C12H13ClN4OS. The number of nitrogens with two attached hydrogens (primary N) is 1. The maximum absolute atomic E-state index is 11.4. The van der Waals surface area contributed by atoms with E-state index in [0.29, 0.717) is 23.1 Å². The number of hydrogen-bond donors (Lipinski definition) is 2. The number of carbonyl (C=O) groups excluding carboxylic acids is 1. The minimum Gasteiger partial charge on any atom is -0.330 e. The fourth-order valence-corrected chi connectivity index (χ4v) is 2.51. The maximum atomic E-state index is 11.4. The van der Waals surface area contributed by atoms with Gasteiger partial charge in [0.25, 0.3) is 0 Å². The molecule has 0 saturated heterocycles. The van der Waals surface area contributed by atoms with Crippen LogP contribution >= 0.6 is 22.9 Å². The summed E-state index contributed by atoms with van der Waals surface area (Å²) in [6.45, 7) is 0.319. The Labute approximate surface area is 119 Å². The average Bonchev–Trinajstić information content (AvgIpc) is 2.76. The lowest BCUT2D eigenvalue weighted by Crippen LogP contribution is -2.15. The van der Waals surface area contributed by atoms with E-state index < -0.39 is 0 Å². The Kier molecular flexibility index (Phi) is 4.84. The molecule has 2 rings (SSSR count). The summed E-state index contributed by atoms with van der Waals surface area (Å²) in [6.07, 6.45) is 0.925. The summed E-state index contributed by atoms with van der Waals surface area (Å²) >= 11 is 7.27. The minimum absolute atomic E-state index is 0.145. The molecule has 2 aromatic rings. The molecular weight excluding hydrogens is 284 g/mol. The third-order valence-electron chi connectivity index (χ3n) is 2.33. The quantitative estimate of drug-likeness (QED) is 0.885. The predicted molar refractivity (Wildman–Crippen MR) is 76.5 cm³/mol. The lowest BCUT2D eigenvalue weighted by Gasteiger charge is -1.98. The number of rotatable bonds is 5. The predicted octanol–water partition coefficient (Wildman–Crippen LogP) is 2.07. The van der Waals surface area contributed by atoms with Gasteiger partial charge in [-0.2, -0.15) is 0 Å². The van der Waals surface area contributed by atoms with Gasteiger partial charge in [0.15, 0.2) is 0 Å². The number of halogens is 1. The number of benzene rings is 1. The second-order valence-electron chi connectivity index (χ2n) is 3.89. The van der Waals surface area contributed by atoms with Gasteiger partial charge in [0.05, 0.1) is 0 Å². The van der Waals surface area contributed by atoms with E-state index in [4.69, 9.17) is 17.3 Å². The Morgan fingerprint density at radius 2 is 2.26 bits per heavy atom. The van der Waals surface area contributed by atoms with Crippen LogP contribution in [0.4, 0.5) is 5.13 Å². The summed E-state index contributed by atoms with van der Waals surface area (Å²) in [7, 11) is 0. The minimum atomic E-state index is -0.145. The third-order valence-corrected chi connectivity index (χ3v) is 3.40. The highest BCUT2D eigenvalue weighted by Crippen LogP contribution is 2.20. The van der Waals surface area contributed by atoms with Crippen LogP contribution in [0.15, 0.2) is 24.3 Å². The van der Waals surface area contributed by atoms with Gasteiger partial charge < -0.3 is 11.1 Å². The fraction of sp³-hybridized carbons (Fsp3) is 0.250. The topological polar surface area (TPSA) is 80.9 Å². The van der Waals surface area contributed by atoms with Crippen LogP contribution in [0.3, 0.4) is 0 Å². The van der Waals surface area contributed by atoms with Crippen LogP contribution in [0.25, 0.3) is 0 Å². The van der Waals surface area contributed by atoms with Gasteiger partial charge in [-0.05, 0) is 17.7 Å². The van der Waals surface area contributed by atoms with Crippen molar-refractivity contribution in [2.24, 2.45) is 5.73 Å². The Bertz CT molecular complexity index is 572. The van der Waals surface area contributed by atoms with Gasteiger partial charge >= 0.3 is 0 Å². The maximum Gasteiger partial charge on any atom is 0.227 e. The van der Waals surface area contributed by atoms with Crippen molar-refractivity contribution in [2.45, 2.75) is 12.8 Å². The van der Waals surface area contributed by atoms with Crippen LogP contribution < -0.4 is 11.1 Å². The molecule has 1 aromatic heterocycles. The highest BCUT2D eigenvalue weighted by atomic mass is 35.5. The number of anilines is 1. The Morgan fingerprint density at radius 3 is 3.00 bits per heavy atom. The second kappa shape index (κ2) is 6.60. The first-order chi connectivity index (χ1) is 9.17. The Hall–Kier alpha value is -1.50. The summed E-state index contributed by atoms with van der Waals surface area (Å²) in [5.41, 5.74) is 6.36. The first-order valence-electron chi connectivity index (χ1n) is 5.74. The van der Waals surface area contributed by atoms with Gasteiger partial charge in [-0.3, -0.25) is 4.79 Å². The highest BCUT2D eigenvalue weighted by Gasteiger charge is 2.08. The second-order valence-corrected chi connectivity index (χ2v) is 5.39. The molecule has 19 heavy (non-hydrogen) atoms. The molecule has 0 radical (unpaired) electrons. The zero-order valence-electron chi connectivity index (χ0n) is 10.1. The zero-order chi connectivity index (χ0) is 13.7. The SMILES string of the molecule is NCCC(=O)Nc1nnc(Cc2cccc(Cl)c2)s1. The van der Waals surface area contributed by atoms with E-state index in [9.17, 15) is 4.79 Å². The first kappa shape index (κ1) is 13.9. The monoisotopic (exact) mass is 296 g/mol. The number of aromatic nitrogens is 2. The number of carbonyl (C=O) groups is 1. The van der Waals surface area contributed by atoms with Crippen molar-refractivity contribution in [3.8, 4) is 0 Å². The van der Waals surface area contributed by atoms with Crippen LogP contribution in [-0.2, 0) is 11.2 Å². The number of hydrogen-bond acceptors (Lipinski definition) is 5. The summed E-state index contributed by atoms with van der Waals surface area (Å²) in [6, 6.07) is 7.57. The van der Waals surface area contributed by atoms with Gasteiger partial charge in [-0.15, -0.1) is 10.2 Å². The number of nitrogens with zero attached hydrogens (tertiary/aromatic N) is 2. The normalized spacial score (nSPS) is 10.4. The third kappa shape index (κ3) is 4.27. The molecule has 0 saturated carbocycles. The van der Waals surface area contributed by atoms with Crippen molar-refractivity contribution in [1.29, 1.82) is 0 Å². The molecule has 0 aliphatic heterocycles. The summed E-state index contributed by atoms with van der Waals surface area (Å²) in [5, 5.41) is 12.6. The fourth-order valence-electron chi connectivity index (χ4n) is 1.51. The van der Waals surface area contributed by atoms with Crippen molar-refractivity contribution in [2.75, 3.05) is 11.9 Å². The lowest BCUT2D eigenvalue weighted by atomic mass is 10.2. The molecule has 0 atom stereocenters. The molecule has 3 N–H and O–H groups in total. The molecule has 7 heteroatoms. The van der Waals surface area contributed by atoms with E-state index in [1.807, 2.05) is 24.3 Å². The molecule has 0 aliphatic carbocycles. The highest BCUT2D eigenvalue weighted by molar-refractivity contribution is 7.15. The van der Waals surface area contributed by atoms with E-state index in [1.165, 1.54) is 11.3 Å². The molecule has 0 fully saturated rings. The van der Waals surface area contributed by atoms with Crippen LogP contribution in [0.5, 0.6) is 0 Å². The molecule has 1 aromatic carbocycles. The van der Waals surface area contributed by atoms with E-state index >= 15 is 0 Å². The van der Waals surface area contributed by atoms with Gasteiger partial charge in [0, 0.05) is 24.4 Å². The summed E-state index contributed by atoms with van der Waals surface area (Å²) in [5.74, 6) is -0.145. The van der Waals surface area contributed by atoms with Crippen molar-refractivity contribution in [3.63, 3.8) is 0 Å². The van der Waals surface area contributed by atoms with E-state index in [-0.39, 0.29) is 12.3 Å². The van der Waals surface area contributed by atoms with Crippen molar-refractivity contribution < 1.29 is 4.79 Å². The largest absolute Gasteiger partial charge is 0.330 e. The van der Waals surface area contributed by atoms with Crippen LogP contribution in [0.1, 0.15) is 17.0 Å². The standard InChI is InChI=1S/C12H13ClN4OS/c13-9-3-1-2-8(6-9)7-11-16-17-12(19-11)15-10(18)4-5-14/h1-3,6H,4-5,7,14H2,(H,15,17,18). The van der Waals surface area contributed by atoms with E-state index in [2.05, 4.69) is 15.5 Å². The van der Waals surface area contributed by atoms with Gasteiger partial charge in [0.2, 0.25) is 11.0 Å². The molecule has 0 spiro atoms. The smallest absolute Gasteiger partial charge is 0.227 e. The number of nitrogens with one attached hydrogen (secondary N) is 1. The summed E-state index contributed by atoms with van der Waals surface area (Å²) in [4.78, 5) is 11.4. The van der Waals surface area contributed by atoms with Crippen LogP contribution in [-0.4, -0.2) is 22.6 Å². The molecule has 1 heterocycles. The summed E-state index contributed by atoms with van der Waals surface area (Å²) < 4.78 is 0. The van der Waals surface area contributed by atoms with Crippen molar-refractivity contribution >= 4 is 34.0 Å². The average molecular weight is 297 g/mol. The Morgan fingerprint density at radius 1 is 1.42 bits per heavy atom. The van der Waals surface area contributed by atoms with Crippen LogP contribution in [0.2, 0.25) is 5.02 Å². The van der Waals surface area contributed by atoms with Crippen molar-refractivity contribution in [1.82, 2.24) is 10.2 Å². The van der Waals surface area contributed by atoms with Crippen molar-refractivity contribution in [3.05, 3.63) is 39.9 Å². The van der Waals surface area contributed by atoms with E-state index in [0.717, 1.165) is 10.6 Å². The molecule has 0 unspecified atom stereocenters. The molecule has 5 nitrogen and oxygen atoms in total. The number of amides is 1. The molecule has 0 bridgehead atoms. The first-order valence-corrected chi connectivity index (χ1v) is 6.93. The Balaban J connectivity index is 1.99. The molecule has 1 amide bonds. The van der Waals surface area contributed by atoms with E-state index in [1.54, 1.807) is 0 Å². The van der Waals surface area contributed by atoms with Gasteiger partial charge in [0.1, 0.15) is 5.01 Å². The lowest BCUT2D eigenvalue weighted by molar-refractivity contribution is -0.116. The molecule has 100 valence electrons. The molecule has 0 aliphatic rings. The zero-order valence-corrected chi connectivity index (χ0v) is 11.7. The van der Waals surface area contributed by atoms with Crippen LogP contribution in [0, 0.1) is 0 Å². The van der Waals surface area contributed by atoms with Gasteiger partial charge in [-0.25, -0.2) is 0 Å².